The average molecular weight is 244 g/mol. The quantitative estimate of drug-likeness (QED) is 0.879. The van der Waals surface area contributed by atoms with Gasteiger partial charge in [-0.2, -0.15) is 5.10 Å². The summed E-state index contributed by atoms with van der Waals surface area (Å²) in [6, 6.07) is 6.49. The molecular weight excluding hydrogens is 224 g/mol. The lowest BCUT2D eigenvalue weighted by Crippen LogP contribution is -2.22. The molecule has 96 valence electrons. The van der Waals surface area contributed by atoms with Crippen LogP contribution in [0.2, 0.25) is 0 Å². The second-order valence-corrected chi connectivity index (χ2v) is 4.49. The molecule has 2 aromatic rings. The first-order valence-corrected chi connectivity index (χ1v) is 6.40. The van der Waals surface area contributed by atoms with Gasteiger partial charge in [0.15, 0.2) is 0 Å². The number of aromatic nitrogens is 3. The molecule has 0 radical (unpaired) electrons. The van der Waals surface area contributed by atoms with E-state index in [0.717, 1.165) is 12.2 Å². The molecule has 2 atom stereocenters. The number of pyridine rings is 1. The van der Waals surface area contributed by atoms with Crippen molar-refractivity contribution < 1.29 is 0 Å². The molecular formula is C14H20N4. The Kier molecular flexibility index (Phi) is 4.10. The van der Waals surface area contributed by atoms with Gasteiger partial charge < -0.3 is 5.32 Å². The number of aryl methyl sites for hydroxylation is 1. The summed E-state index contributed by atoms with van der Waals surface area (Å²) in [5, 5.41) is 7.83. The van der Waals surface area contributed by atoms with E-state index in [2.05, 4.69) is 42.4 Å². The molecule has 0 spiro atoms. The van der Waals surface area contributed by atoms with Gasteiger partial charge >= 0.3 is 0 Å². The number of rotatable bonds is 5. The monoisotopic (exact) mass is 244 g/mol. The van der Waals surface area contributed by atoms with Crippen molar-refractivity contribution in [2.24, 2.45) is 0 Å². The maximum absolute atomic E-state index is 4.36. The van der Waals surface area contributed by atoms with Crippen molar-refractivity contribution in [3.63, 3.8) is 0 Å². The van der Waals surface area contributed by atoms with Crippen LogP contribution < -0.4 is 5.32 Å². The Labute approximate surface area is 108 Å². The van der Waals surface area contributed by atoms with Crippen molar-refractivity contribution in [3.8, 4) is 0 Å². The number of hydrogen-bond donors (Lipinski definition) is 1. The summed E-state index contributed by atoms with van der Waals surface area (Å²) in [7, 11) is 0. The molecule has 4 nitrogen and oxygen atoms in total. The molecule has 0 saturated carbocycles. The van der Waals surface area contributed by atoms with Crippen molar-refractivity contribution in [1.82, 2.24) is 20.1 Å². The summed E-state index contributed by atoms with van der Waals surface area (Å²) < 4.78 is 1.94. The van der Waals surface area contributed by atoms with Gasteiger partial charge in [-0.1, -0.05) is 6.07 Å². The topological polar surface area (TPSA) is 42.7 Å². The van der Waals surface area contributed by atoms with E-state index in [0.29, 0.717) is 0 Å². The summed E-state index contributed by atoms with van der Waals surface area (Å²) in [6.45, 7) is 7.27. The minimum atomic E-state index is 0.228. The van der Waals surface area contributed by atoms with Crippen molar-refractivity contribution in [2.75, 3.05) is 0 Å². The zero-order valence-electron chi connectivity index (χ0n) is 11.2. The van der Waals surface area contributed by atoms with Crippen LogP contribution in [0.4, 0.5) is 0 Å². The van der Waals surface area contributed by atoms with E-state index in [1.165, 1.54) is 5.56 Å². The first kappa shape index (κ1) is 12.8. The number of nitrogens with zero attached hydrogens (tertiary/aromatic N) is 3. The van der Waals surface area contributed by atoms with E-state index >= 15 is 0 Å². The smallest absolute Gasteiger partial charge is 0.0570 e. The van der Waals surface area contributed by atoms with Crippen molar-refractivity contribution in [1.29, 1.82) is 0 Å². The summed E-state index contributed by atoms with van der Waals surface area (Å²) in [5.74, 6) is 0. The van der Waals surface area contributed by atoms with Crippen LogP contribution in [-0.2, 0) is 6.54 Å². The average Bonchev–Trinajstić information content (AvgIpc) is 2.88. The zero-order valence-corrected chi connectivity index (χ0v) is 11.2. The number of hydrogen-bond acceptors (Lipinski definition) is 3. The van der Waals surface area contributed by atoms with Crippen LogP contribution in [0.3, 0.4) is 0 Å². The van der Waals surface area contributed by atoms with Gasteiger partial charge in [-0.3, -0.25) is 9.67 Å². The van der Waals surface area contributed by atoms with Gasteiger partial charge in [0.25, 0.3) is 0 Å². The zero-order chi connectivity index (χ0) is 13.0. The molecule has 2 heterocycles. The lowest BCUT2D eigenvalue weighted by Gasteiger charge is -2.18. The van der Waals surface area contributed by atoms with E-state index < -0.39 is 0 Å². The van der Waals surface area contributed by atoms with Crippen LogP contribution >= 0.6 is 0 Å². The van der Waals surface area contributed by atoms with Crippen LogP contribution in [0.1, 0.15) is 44.1 Å². The normalized spacial score (nSPS) is 14.4. The summed E-state index contributed by atoms with van der Waals surface area (Å²) in [4.78, 5) is 4.36. The predicted octanol–water partition coefficient (Wildman–Crippen LogP) is 2.71. The fraction of sp³-hybridized carbons (Fsp3) is 0.429. The Bertz CT molecular complexity index is 478. The molecule has 0 saturated heterocycles. The second kappa shape index (κ2) is 5.78. The Balaban J connectivity index is 2.01. The fourth-order valence-corrected chi connectivity index (χ4v) is 1.96. The summed E-state index contributed by atoms with van der Waals surface area (Å²) >= 11 is 0. The largest absolute Gasteiger partial charge is 0.302 e. The van der Waals surface area contributed by atoms with Crippen LogP contribution in [0.25, 0.3) is 0 Å². The van der Waals surface area contributed by atoms with E-state index in [1.54, 1.807) is 0 Å². The molecule has 0 aliphatic carbocycles. The molecule has 0 amide bonds. The van der Waals surface area contributed by atoms with E-state index in [9.17, 15) is 0 Å². The maximum Gasteiger partial charge on any atom is 0.0570 e. The predicted molar refractivity (Wildman–Crippen MR) is 72.1 cm³/mol. The molecule has 0 aliphatic heterocycles. The molecule has 18 heavy (non-hydrogen) atoms. The number of nitrogens with one attached hydrogen (secondary N) is 1. The molecule has 2 unspecified atom stereocenters. The lowest BCUT2D eigenvalue weighted by molar-refractivity contribution is 0.486. The SMILES string of the molecule is CCn1cc(C(C)NC(C)c2ccccn2)cn1. The van der Waals surface area contributed by atoms with Crippen molar-refractivity contribution >= 4 is 0 Å². The highest BCUT2D eigenvalue weighted by atomic mass is 15.3. The van der Waals surface area contributed by atoms with E-state index in [1.807, 2.05) is 35.3 Å². The highest BCUT2D eigenvalue weighted by Gasteiger charge is 2.13. The second-order valence-electron chi connectivity index (χ2n) is 4.49. The molecule has 2 rings (SSSR count). The Morgan fingerprint density at radius 2 is 2.11 bits per heavy atom. The van der Waals surface area contributed by atoms with Crippen molar-refractivity contribution in [2.45, 2.75) is 39.4 Å². The van der Waals surface area contributed by atoms with E-state index in [4.69, 9.17) is 0 Å². The van der Waals surface area contributed by atoms with Gasteiger partial charge in [-0.25, -0.2) is 0 Å². The van der Waals surface area contributed by atoms with Gasteiger partial charge in [0, 0.05) is 36.6 Å². The van der Waals surface area contributed by atoms with Gasteiger partial charge in [-0.15, -0.1) is 0 Å². The summed E-state index contributed by atoms with van der Waals surface area (Å²) in [5.41, 5.74) is 2.27. The van der Waals surface area contributed by atoms with E-state index in [-0.39, 0.29) is 12.1 Å². The fourth-order valence-electron chi connectivity index (χ4n) is 1.96. The van der Waals surface area contributed by atoms with Crippen LogP contribution in [-0.4, -0.2) is 14.8 Å². The first-order valence-electron chi connectivity index (χ1n) is 6.40. The Hall–Kier alpha value is -1.68. The minimum absolute atomic E-state index is 0.228. The first-order chi connectivity index (χ1) is 8.70. The lowest BCUT2D eigenvalue weighted by atomic mass is 10.1. The summed E-state index contributed by atoms with van der Waals surface area (Å²) in [6.07, 6.45) is 5.84. The van der Waals surface area contributed by atoms with Crippen LogP contribution in [0, 0.1) is 0 Å². The molecule has 0 aliphatic rings. The highest BCUT2D eigenvalue weighted by Crippen LogP contribution is 2.17. The Morgan fingerprint density at radius 3 is 2.72 bits per heavy atom. The molecule has 2 aromatic heterocycles. The van der Waals surface area contributed by atoms with Gasteiger partial charge in [-0.05, 0) is 32.9 Å². The highest BCUT2D eigenvalue weighted by molar-refractivity contribution is 5.12. The van der Waals surface area contributed by atoms with Crippen LogP contribution in [0.15, 0.2) is 36.8 Å². The van der Waals surface area contributed by atoms with Gasteiger partial charge in [0.05, 0.1) is 11.9 Å². The standard InChI is InChI=1S/C14H20N4/c1-4-18-10-13(9-16-18)11(2)17-12(3)14-7-5-6-8-15-14/h5-12,17H,4H2,1-3H3. The Morgan fingerprint density at radius 1 is 1.28 bits per heavy atom. The van der Waals surface area contributed by atoms with Gasteiger partial charge in [0.2, 0.25) is 0 Å². The third-order valence-electron chi connectivity index (χ3n) is 3.11. The molecule has 4 heteroatoms. The molecule has 0 fully saturated rings. The van der Waals surface area contributed by atoms with Gasteiger partial charge in [0.1, 0.15) is 0 Å². The third kappa shape index (κ3) is 2.96. The molecule has 1 N–H and O–H groups in total. The van der Waals surface area contributed by atoms with Crippen molar-refractivity contribution in [3.05, 3.63) is 48.0 Å². The maximum atomic E-state index is 4.36. The third-order valence-corrected chi connectivity index (χ3v) is 3.11. The minimum Gasteiger partial charge on any atom is -0.302 e. The molecule has 0 aromatic carbocycles. The van der Waals surface area contributed by atoms with Crippen LogP contribution in [0.5, 0.6) is 0 Å². The molecule has 0 bridgehead atoms.